The largest absolute Gasteiger partial charge is 0.368 e. The van der Waals surface area contributed by atoms with E-state index in [9.17, 15) is 4.39 Å². The summed E-state index contributed by atoms with van der Waals surface area (Å²) in [6.07, 6.45) is 1.03. The summed E-state index contributed by atoms with van der Waals surface area (Å²) in [6.45, 7) is 1.86. The molecule has 0 fully saturated rings. The third-order valence-electron chi connectivity index (χ3n) is 2.49. The van der Waals surface area contributed by atoms with E-state index in [0.717, 1.165) is 11.8 Å². The zero-order valence-electron chi connectivity index (χ0n) is 9.69. The SMILES string of the molecule is CC(Nc1nc(N)ncc1F)c1ccccc1Cl. The minimum absolute atomic E-state index is 0.0188. The Morgan fingerprint density at radius 2 is 2.11 bits per heavy atom. The van der Waals surface area contributed by atoms with E-state index >= 15 is 0 Å². The van der Waals surface area contributed by atoms with E-state index in [1.54, 1.807) is 6.07 Å². The van der Waals surface area contributed by atoms with Gasteiger partial charge in [0.05, 0.1) is 12.2 Å². The Morgan fingerprint density at radius 1 is 1.39 bits per heavy atom. The van der Waals surface area contributed by atoms with Crippen LogP contribution in [0.2, 0.25) is 5.02 Å². The van der Waals surface area contributed by atoms with E-state index in [1.807, 2.05) is 25.1 Å². The zero-order valence-corrected chi connectivity index (χ0v) is 10.4. The maximum Gasteiger partial charge on any atom is 0.222 e. The highest BCUT2D eigenvalue weighted by molar-refractivity contribution is 6.31. The Labute approximate surface area is 109 Å². The number of nitrogen functional groups attached to an aromatic ring is 1. The summed E-state index contributed by atoms with van der Waals surface area (Å²) in [6, 6.07) is 7.15. The summed E-state index contributed by atoms with van der Waals surface area (Å²) in [5.74, 6) is -0.469. The molecular weight excluding hydrogens is 255 g/mol. The molecule has 0 radical (unpaired) electrons. The van der Waals surface area contributed by atoms with Crippen LogP contribution in [0, 0.1) is 5.82 Å². The van der Waals surface area contributed by atoms with Crippen LogP contribution in [0.15, 0.2) is 30.5 Å². The first-order valence-corrected chi connectivity index (χ1v) is 5.74. The van der Waals surface area contributed by atoms with Crippen LogP contribution in [0.1, 0.15) is 18.5 Å². The number of hydrogen-bond donors (Lipinski definition) is 2. The lowest BCUT2D eigenvalue weighted by molar-refractivity contribution is 0.614. The predicted molar refractivity (Wildman–Crippen MR) is 69.9 cm³/mol. The number of nitrogens with zero attached hydrogens (tertiary/aromatic N) is 2. The number of hydrogen-bond acceptors (Lipinski definition) is 4. The van der Waals surface area contributed by atoms with Crippen molar-refractivity contribution in [1.82, 2.24) is 9.97 Å². The van der Waals surface area contributed by atoms with Gasteiger partial charge in [-0.3, -0.25) is 0 Å². The molecule has 1 heterocycles. The van der Waals surface area contributed by atoms with Crippen molar-refractivity contribution >= 4 is 23.4 Å². The van der Waals surface area contributed by atoms with Crippen LogP contribution < -0.4 is 11.1 Å². The minimum Gasteiger partial charge on any atom is -0.368 e. The molecule has 0 aliphatic rings. The third kappa shape index (κ3) is 2.68. The summed E-state index contributed by atoms with van der Waals surface area (Å²) in [5.41, 5.74) is 6.27. The van der Waals surface area contributed by atoms with Crippen LogP contribution in [0.3, 0.4) is 0 Å². The molecule has 0 spiro atoms. The van der Waals surface area contributed by atoms with Gasteiger partial charge in [-0.15, -0.1) is 0 Å². The molecule has 0 bridgehead atoms. The van der Waals surface area contributed by atoms with E-state index in [-0.39, 0.29) is 17.8 Å². The van der Waals surface area contributed by atoms with Gasteiger partial charge < -0.3 is 11.1 Å². The number of halogens is 2. The highest BCUT2D eigenvalue weighted by atomic mass is 35.5. The fourth-order valence-corrected chi connectivity index (χ4v) is 1.89. The molecule has 0 aliphatic carbocycles. The molecule has 4 nitrogen and oxygen atoms in total. The monoisotopic (exact) mass is 266 g/mol. The van der Waals surface area contributed by atoms with Crippen LogP contribution in [0.4, 0.5) is 16.2 Å². The molecule has 2 rings (SSSR count). The van der Waals surface area contributed by atoms with Gasteiger partial charge in [-0.25, -0.2) is 9.37 Å². The Hall–Kier alpha value is -1.88. The summed E-state index contributed by atoms with van der Waals surface area (Å²) < 4.78 is 13.5. The van der Waals surface area contributed by atoms with Crippen molar-refractivity contribution in [2.24, 2.45) is 0 Å². The van der Waals surface area contributed by atoms with E-state index < -0.39 is 5.82 Å². The van der Waals surface area contributed by atoms with Gasteiger partial charge >= 0.3 is 0 Å². The molecule has 0 amide bonds. The highest BCUT2D eigenvalue weighted by Gasteiger charge is 2.12. The molecule has 6 heteroatoms. The van der Waals surface area contributed by atoms with Crippen molar-refractivity contribution in [2.45, 2.75) is 13.0 Å². The fourth-order valence-electron chi connectivity index (χ4n) is 1.59. The van der Waals surface area contributed by atoms with Crippen molar-refractivity contribution in [2.75, 3.05) is 11.1 Å². The standard InChI is InChI=1S/C12H12ClFN4/c1-7(8-4-2-3-5-9(8)13)17-11-10(14)6-16-12(15)18-11/h2-7H,1H3,(H3,15,16,17,18). The van der Waals surface area contributed by atoms with Crippen LogP contribution in [-0.2, 0) is 0 Å². The number of nitrogens with one attached hydrogen (secondary N) is 1. The molecule has 1 aromatic heterocycles. The second kappa shape index (κ2) is 5.18. The van der Waals surface area contributed by atoms with Crippen LogP contribution in [-0.4, -0.2) is 9.97 Å². The van der Waals surface area contributed by atoms with Crippen LogP contribution in [0.25, 0.3) is 0 Å². The lowest BCUT2D eigenvalue weighted by atomic mass is 10.1. The average molecular weight is 267 g/mol. The van der Waals surface area contributed by atoms with E-state index in [2.05, 4.69) is 15.3 Å². The number of aromatic nitrogens is 2. The first-order valence-electron chi connectivity index (χ1n) is 5.37. The molecule has 0 saturated heterocycles. The molecule has 18 heavy (non-hydrogen) atoms. The van der Waals surface area contributed by atoms with Gasteiger partial charge in [0.15, 0.2) is 11.6 Å². The van der Waals surface area contributed by atoms with Crippen LogP contribution >= 0.6 is 11.6 Å². The molecule has 1 aromatic carbocycles. The molecule has 1 atom stereocenters. The fraction of sp³-hybridized carbons (Fsp3) is 0.167. The maximum absolute atomic E-state index is 13.5. The van der Waals surface area contributed by atoms with E-state index in [1.165, 1.54) is 0 Å². The van der Waals surface area contributed by atoms with E-state index in [0.29, 0.717) is 5.02 Å². The summed E-state index contributed by atoms with van der Waals surface area (Å²) in [7, 11) is 0. The Bertz CT molecular complexity index is 562. The number of nitrogens with two attached hydrogens (primary N) is 1. The van der Waals surface area contributed by atoms with Crippen molar-refractivity contribution in [3.63, 3.8) is 0 Å². The molecular formula is C12H12ClFN4. The topological polar surface area (TPSA) is 63.8 Å². The average Bonchev–Trinajstić information content (AvgIpc) is 2.34. The van der Waals surface area contributed by atoms with Gasteiger partial charge in [0, 0.05) is 5.02 Å². The molecule has 1 unspecified atom stereocenters. The second-order valence-electron chi connectivity index (χ2n) is 3.81. The van der Waals surface area contributed by atoms with Gasteiger partial charge in [-0.05, 0) is 18.6 Å². The predicted octanol–water partition coefficient (Wildman–Crippen LogP) is 3.02. The number of benzene rings is 1. The maximum atomic E-state index is 13.5. The quantitative estimate of drug-likeness (QED) is 0.896. The normalized spacial score (nSPS) is 12.2. The van der Waals surface area contributed by atoms with Gasteiger partial charge in [0.25, 0.3) is 0 Å². The Morgan fingerprint density at radius 3 is 2.83 bits per heavy atom. The highest BCUT2D eigenvalue weighted by Crippen LogP contribution is 2.25. The van der Waals surface area contributed by atoms with Crippen molar-refractivity contribution < 1.29 is 4.39 Å². The molecule has 2 aromatic rings. The van der Waals surface area contributed by atoms with Crippen LogP contribution in [0.5, 0.6) is 0 Å². The molecule has 0 saturated carbocycles. The number of rotatable bonds is 3. The minimum atomic E-state index is -0.553. The smallest absolute Gasteiger partial charge is 0.222 e. The molecule has 94 valence electrons. The molecule has 0 aliphatic heterocycles. The third-order valence-corrected chi connectivity index (χ3v) is 2.83. The van der Waals surface area contributed by atoms with Gasteiger partial charge in [0.1, 0.15) is 0 Å². The summed E-state index contributed by atoms with van der Waals surface area (Å²) in [5, 5.41) is 3.53. The van der Waals surface area contributed by atoms with Crippen molar-refractivity contribution in [3.05, 3.63) is 46.9 Å². The lowest BCUT2D eigenvalue weighted by Gasteiger charge is -2.16. The van der Waals surface area contributed by atoms with Gasteiger partial charge in [0.2, 0.25) is 5.95 Å². The summed E-state index contributed by atoms with van der Waals surface area (Å²) >= 11 is 6.07. The zero-order chi connectivity index (χ0) is 13.1. The van der Waals surface area contributed by atoms with Gasteiger partial charge in [-0.2, -0.15) is 4.98 Å². The Balaban J connectivity index is 2.24. The first-order chi connectivity index (χ1) is 8.58. The first kappa shape index (κ1) is 12.6. The number of anilines is 2. The second-order valence-corrected chi connectivity index (χ2v) is 4.22. The molecule has 3 N–H and O–H groups in total. The van der Waals surface area contributed by atoms with Gasteiger partial charge in [-0.1, -0.05) is 29.8 Å². The lowest BCUT2D eigenvalue weighted by Crippen LogP contribution is -2.11. The van der Waals surface area contributed by atoms with Crippen molar-refractivity contribution in [1.29, 1.82) is 0 Å². The van der Waals surface area contributed by atoms with Crippen molar-refractivity contribution in [3.8, 4) is 0 Å². The Kier molecular flexibility index (Phi) is 3.62. The van der Waals surface area contributed by atoms with E-state index in [4.69, 9.17) is 17.3 Å². The summed E-state index contributed by atoms with van der Waals surface area (Å²) in [4.78, 5) is 7.37.